The molecule has 0 rings (SSSR count). The van der Waals surface area contributed by atoms with Crippen LogP contribution in [0, 0.1) is 0 Å². The van der Waals surface area contributed by atoms with Crippen molar-refractivity contribution in [3.8, 4) is 0 Å². The standard InChI is InChI=1S/C10H21N3O2/c1-3-7-13(8-4-2)10(15)12-6-5-9(11)14/h3-8H2,1-2H3,(H2,11,14)(H,12,15). The number of rotatable bonds is 7. The normalized spacial score (nSPS) is 9.73. The van der Waals surface area contributed by atoms with Gasteiger partial charge in [0.25, 0.3) is 0 Å². The molecule has 5 nitrogen and oxygen atoms in total. The zero-order valence-electron chi connectivity index (χ0n) is 9.58. The average molecular weight is 215 g/mol. The number of nitrogens with two attached hydrogens (primary N) is 1. The number of hydrogen-bond donors (Lipinski definition) is 2. The van der Waals surface area contributed by atoms with Gasteiger partial charge in [-0.3, -0.25) is 4.79 Å². The molecule has 3 amide bonds. The fourth-order valence-corrected chi connectivity index (χ4v) is 1.26. The number of primary amides is 1. The minimum Gasteiger partial charge on any atom is -0.370 e. The molecule has 0 aliphatic carbocycles. The van der Waals surface area contributed by atoms with Crippen molar-refractivity contribution in [2.24, 2.45) is 5.73 Å². The highest BCUT2D eigenvalue weighted by molar-refractivity contribution is 5.77. The molecular formula is C10H21N3O2. The van der Waals surface area contributed by atoms with Gasteiger partial charge in [0.15, 0.2) is 0 Å². The van der Waals surface area contributed by atoms with Gasteiger partial charge in [0, 0.05) is 26.1 Å². The molecule has 15 heavy (non-hydrogen) atoms. The van der Waals surface area contributed by atoms with E-state index in [-0.39, 0.29) is 12.5 Å². The summed E-state index contributed by atoms with van der Waals surface area (Å²) >= 11 is 0. The van der Waals surface area contributed by atoms with Gasteiger partial charge in [0.1, 0.15) is 0 Å². The molecule has 0 bridgehead atoms. The van der Waals surface area contributed by atoms with Gasteiger partial charge in [-0.2, -0.15) is 0 Å². The van der Waals surface area contributed by atoms with Crippen LogP contribution >= 0.6 is 0 Å². The van der Waals surface area contributed by atoms with E-state index in [4.69, 9.17) is 5.73 Å². The van der Waals surface area contributed by atoms with E-state index in [0.717, 1.165) is 25.9 Å². The number of nitrogens with one attached hydrogen (secondary N) is 1. The van der Waals surface area contributed by atoms with Gasteiger partial charge in [-0.1, -0.05) is 13.8 Å². The fraction of sp³-hybridized carbons (Fsp3) is 0.800. The highest BCUT2D eigenvalue weighted by Gasteiger charge is 2.10. The van der Waals surface area contributed by atoms with E-state index in [1.165, 1.54) is 0 Å². The first-order valence-electron chi connectivity index (χ1n) is 5.42. The molecule has 0 aromatic carbocycles. The first-order valence-corrected chi connectivity index (χ1v) is 5.42. The summed E-state index contributed by atoms with van der Waals surface area (Å²) in [5.41, 5.74) is 4.97. The van der Waals surface area contributed by atoms with E-state index in [2.05, 4.69) is 5.32 Å². The number of carbonyl (C=O) groups is 2. The van der Waals surface area contributed by atoms with Gasteiger partial charge >= 0.3 is 6.03 Å². The Morgan fingerprint density at radius 1 is 1.20 bits per heavy atom. The smallest absolute Gasteiger partial charge is 0.317 e. The second-order valence-electron chi connectivity index (χ2n) is 3.44. The lowest BCUT2D eigenvalue weighted by Crippen LogP contribution is -2.41. The molecule has 0 aliphatic heterocycles. The minimum atomic E-state index is -0.396. The molecule has 0 heterocycles. The number of hydrogen-bond acceptors (Lipinski definition) is 2. The van der Waals surface area contributed by atoms with Crippen LogP contribution in [0.4, 0.5) is 4.79 Å². The van der Waals surface area contributed by atoms with Crippen LogP contribution in [0.5, 0.6) is 0 Å². The molecule has 0 saturated heterocycles. The van der Waals surface area contributed by atoms with E-state index in [1.54, 1.807) is 4.90 Å². The Kier molecular flexibility index (Phi) is 7.40. The van der Waals surface area contributed by atoms with Crippen LogP contribution in [0.15, 0.2) is 0 Å². The predicted molar refractivity (Wildman–Crippen MR) is 59.4 cm³/mol. The second kappa shape index (κ2) is 8.08. The third kappa shape index (κ3) is 6.76. The maximum Gasteiger partial charge on any atom is 0.317 e. The summed E-state index contributed by atoms with van der Waals surface area (Å²) < 4.78 is 0. The summed E-state index contributed by atoms with van der Waals surface area (Å²) in [7, 11) is 0. The summed E-state index contributed by atoms with van der Waals surface area (Å²) in [6, 6.07) is -0.111. The summed E-state index contributed by atoms with van der Waals surface area (Å²) in [6.45, 7) is 5.86. The molecule has 3 N–H and O–H groups in total. The first-order chi connectivity index (χ1) is 7.11. The summed E-state index contributed by atoms with van der Waals surface area (Å²) in [5.74, 6) is -0.396. The first kappa shape index (κ1) is 13.7. The van der Waals surface area contributed by atoms with Crippen molar-refractivity contribution in [1.29, 1.82) is 0 Å². The highest BCUT2D eigenvalue weighted by atomic mass is 16.2. The Labute approximate surface area is 91.0 Å². The van der Waals surface area contributed by atoms with E-state index in [0.29, 0.717) is 6.54 Å². The lowest BCUT2D eigenvalue weighted by atomic mass is 10.3. The lowest BCUT2D eigenvalue weighted by Gasteiger charge is -2.21. The monoisotopic (exact) mass is 215 g/mol. The molecule has 5 heteroatoms. The molecule has 0 spiro atoms. The minimum absolute atomic E-state index is 0.111. The Hall–Kier alpha value is -1.26. The van der Waals surface area contributed by atoms with Gasteiger partial charge in [0.05, 0.1) is 0 Å². The van der Waals surface area contributed by atoms with Crippen molar-refractivity contribution >= 4 is 11.9 Å². The van der Waals surface area contributed by atoms with Gasteiger partial charge in [-0.25, -0.2) is 4.79 Å². The average Bonchev–Trinajstić information content (AvgIpc) is 2.16. The van der Waals surface area contributed by atoms with E-state index in [9.17, 15) is 9.59 Å². The molecule has 0 aromatic heterocycles. The molecule has 0 aromatic rings. The maximum atomic E-state index is 11.6. The third-order valence-electron chi connectivity index (χ3n) is 1.92. The number of urea groups is 1. The zero-order valence-corrected chi connectivity index (χ0v) is 9.58. The summed E-state index contributed by atoms with van der Waals surface area (Å²) in [4.78, 5) is 23.8. The Morgan fingerprint density at radius 2 is 1.73 bits per heavy atom. The van der Waals surface area contributed by atoms with Crippen LogP contribution in [-0.4, -0.2) is 36.5 Å². The maximum absolute atomic E-state index is 11.6. The third-order valence-corrected chi connectivity index (χ3v) is 1.92. The summed E-state index contributed by atoms with van der Waals surface area (Å²) in [6.07, 6.45) is 2.06. The van der Waals surface area contributed by atoms with Crippen molar-refractivity contribution in [3.05, 3.63) is 0 Å². The number of nitrogens with zero attached hydrogens (tertiary/aromatic N) is 1. The van der Waals surface area contributed by atoms with E-state index in [1.807, 2.05) is 13.8 Å². The molecule has 0 unspecified atom stereocenters. The van der Waals surface area contributed by atoms with Crippen molar-refractivity contribution in [1.82, 2.24) is 10.2 Å². The highest BCUT2D eigenvalue weighted by Crippen LogP contribution is 1.94. The number of carbonyl (C=O) groups excluding carboxylic acids is 2. The summed E-state index contributed by atoms with van der Waals surface area (Å²) in [5, 5.41) is 2.67. The Bertz CT molecular complexity index is 201. The largest absolute Gasteiger partial charge is 0.370 e. The molecule has 0 radical (unpaired) electrons. The van der Waals surface area contributed by atoms with Crippen LogP contribution in [-0.2, 0) is 4.79 Å². The molecule has 88 valence electrons. The fourth-order valence-electron chi connectivity index (χ4n) is 1.26. The number of amides is 3. The Morgan fingerprint density at radius 3 is 2.13 bits per heavy atom. The zero-order chi connectivity index (χ0) is 11.7. The SMILES string of the molecule is CCCN(CCC)C(=O)NCCC(N)=O. The van der Waals surface area contributed by atoms with Crippen LogP contribution in [0.1, 0.15) is 33.1 Å². The predicted octanol–water partition coefficient (Wildman–Crippen LogP) is 0.693. The van der Waals surface area contributed by atoms with Gasteiger partial charge in [-0.05, 0) is 12.8 Å². The van der Waals surface area contributed by atoms with Gasteiger partial charge < -0.3 is 16.0 Å². The van der Waals surface area contributed by atoms with Crippen molar-refractivity contribution in [3.63, 3.8) is 0 Å². The molecule has 0 aliphatic rings. The lowest BCUT2D eigenvalue weighted by molar-refractivity contribution is -0.117. The van der Waals surface area contributed by atoms with Gasteiger partial charge in [0.2, 0.25) is 5.91 Å². The van der Waals surface area contributed by atoms with Gasteiger partial charge in [-0.15, -0.1) is 0 Å². The van der Waals surface area contributed by atoms with Crippen molar-refractivity contribution < 1.29 is 9.59 Å². The van der Waals surface area contributed by atoms with Crippen LogP contribution < -0.4 is 11.1 Å². The quantitative estimate of drug-likeness (QED) is 0.655. The topological polar surface area (TPSA) is 75.4 Å². The molecule has 0 saturated carbocycles. The van der Waals surface area contributed by atoms with Crippen LogP contribution in [0.3, 0.4) is 0 Å². The van der Waals surface area contributed by atoms with Crippen LogP contribution in [0.2, 0.25) is 0 Å². The van der Waals surface area contributed by atoms with Crippen molar-refractivity contribution in [2.45, 2.75) is 33.1 Å². The Balaban J connectivity index is 3.85. The van der Waals surface area contributed by atoms with E-state index < -0.39 is 5.91 Å². The molecule has 0 atom stereocenters. The van der Waals surface area contributed by atoms with Crippen LogP contribution in [0.25, 0.3) is 0 Å². The molecular weight excluding hydrogens is 194 g/mol. The van der Waals surface area contributed by atoms with E-state index >= 15 is 0 Å². The van der Waals surface area contributed by atoms with Crippen molar-refractivity contribution in [2.75, 3.05) is 19.6 Å². The second-order valence-corrected chi connectivity index (χ2v) is 3.44. The molecule has 0 fully saturated rings.